The molecule has 0 N–H and O–H groups in total. The second kappa shape index (κ2) is 5.29. The van der Waals surface area contributed by atoms with Crippen LogP contribution in [0.5, 0.6) is 0 Å². The first-order chi connectivity index (χ1) is 7.13. The molecule has 0 unspecified atom stereocenters. The summed E-state index contributed by atoms with van der Waals surface area (Å²) in [5, 5.41) is 0. The maximum atomic E-state index is 11.2. The summed E-state index contributed by atoms with van der Waals surface area (Å²) in [4.78, 5) is 15.0. The number of nitrogens with zero attached hydrogens (tertiary/aromatic N) is 1. The fourth-order valence-electron chi connectivity index (χ4n) is 1.02. The highest BCUT2D eigenvalue weighted by atomic mass is 16.5. The Labute approximate surface area is 89.8 Å². The second-order valence-corrected chi connectivity index (χ2v) is 3.59. The van der Waals surface area contributed by atoms with Gasteiger partial charge in [-0.15, -0.1) is 0 Å². The van der Waals surface area contributed by atoms with Gasteiger partial charge in [-0.3, -0.25) is 9.79 Å². The summed E-state index contributed by atoms with van der Waals surface area (Å²) >= 11 is 0. The van der Waals surface area contributed by atoms with Gasteiger partial charge in [0.15, 0.2) is 0 Å². The number of rotatable bonds is 4. The highest BCUT2D eigenvalue weighted by Crippen LogP contribution is 2.13. The summed E-state index contributed by atoms with van der Waals surface area (Å²) in [7, 11) is 0. The van der Waals surface area contributed by atoms with Crippen LogP contribution in [0.25, 0.3) is 0 Å². The van der Waals surface area contributed by atoms with Gasteiger partial charge in [0.2, 0.25) is 0 Å². The van der Waals surface area contributed by atoms with Gasteiger partial charge in [0.25, 0.3) is 0 Å². The highest BCUT2D eigenvalue weighted by molar-refractivity contribution is 5.71. The van der Waals surface area contributed by atoms with E-state index in [4.69, 9.17) is 4.74 Å². The molecule has 0 aromatic heterocycles. The van der Waals surface area contributed by atoms with Gasteiger partial charge in [0, 0.05) is 0 Å². The zero-order valence-electron chi connectivity index (χ0n) is 9.06. The average molecular weight is 205 g/mol. The molecule has 0 saturated carbocycles. The smallest absolute Gasteiger partial charge is 0.308 e. The molecule has 0 radical (unpaired) electrons. The Hall–Kier alpha value is -1.64. The Morgan fingerprint density at radius 3 is 2.47 bits per heavy atom. The molecule has 0 aliphatic rings. The lowest BCUT2D eigenvalue weighted by Gasteiger charge is -2.06. The Kier molecular flexibility index (Phi) is 4.03. The van der Waals surface area contributed by atoms with Crippen LogP contribution in [0.15, 0.2) is 29.3 Å². The van der Waals surface area contributed by atoms with E-state index >= 15 is 0 Å². The van der Waals surface area contributed by atoms with Gasteiger partial charge in [-0.05, 0) is 24.4 Å². The predicted octanol–water partition coefficient (Wildman–Crippen LogP) is 2.72. The lowest BCUT2D eigenvalue weighted by Crippen LogP contribution is -2.11. The summed E-state index contributed by atoms with van der Waals surface area (Å²) in [5.74, 6) is -0.264. The van der Waals surface area contributed by atoms with Gasteiger partial charge in [0.05, 0.1) is 11.6 Å². The predicted molar refractivity (Wildman–Crippen MR) is 60.3 cm³/mol. The molecule has 1 aromatic carbocycles. The summed E-state index contributed by atoms with van der Waals surface area (Å²) in [6.45, 7) is 7.36. The highest BCUT2D eigenvalue weighted by Gasteiger charge is 2.07. The lowest BCUT2D eigenvalue weighted by molar-refractivity contribution is -0.148. The number of hydrogen-bond acceptors (Lipinski definition) is 3. The van der Waals surface area contributed by atoms with Crippen molar-refractivity contribution in [3.8, 4) is 0 Å². The molecule has 0 spiro atoms. The minimum absolute atomic E-state index is 0.0842. The number of ether oxygens (including phenoxy) is 1. The fourth-order valence-corrected chi connectivity index (χ4v) is 1.02. The topological polar surface area (TPSA) is 38.7 Å². The molecule has 0 bridgehead atoms. The number of carbonyl (C=O) groups excluding carboxylic acids is 1. The molecule has 3 heteroatoms. The minimum Gasteiger partial charge on any atom is -0.461 e. The van der Waals surface area contributed by atoms with Crippen molar-refractivity contribution < 1.29 is 9.53 Å². The van der Waals surface area contributed by atoms with Crippen LogP contribution in [0.4, 0.5) is 5.69 Å². The third-order valence-electron chi connectivity index (χ3n) is 1.97. The maximum absolute atomic E-state index is 11.2. The molecule has 0 fully saturated rings. The molecule has 0 amide bonds. The Bertz CT molecular complexity index is 341. The van der Waals surface area contributed by atoms with E-state index in [0.29, 0.717) is 6.61 Å². The minimum atomic E-state index is -0.180. The van der Waals surface area contributed by atoms with E-state index in [9.17, 15) is 4.79 Å². The monoisotopic (exact) mass is 205 g/mol. The Balaban J connectivity index is 2.51. The molecule has 0 aliphatic heterocycles. The van der Waals surface area contributed by atoms with Crippen molar-refractivity contribution in [3.05, 3.63) is 29.8 Å². The zero-order valence-corrected chi connectivity index (χ0v) is 9.06. The van der Waals surface area contributed by atoms with E-state index in [0.717, 1.165) is 11.3 Å². The first-order valence-corrected chi connectivity index (χ1v) is 4.86. The molecule has 0 aliphatic carbocycles. The number of esters is 1. The summed E-state index contributed by atoms with van der Waals surface area (Å²) < 4.78 is 5.08. The maximum Gasteiger partial charge on any atom is 0.308 e. The van der Waals surface area contributed by atoms with Crippen molar-refractivity contribution in [2.75, 3.05) is 0 Å². The summed E-state index contributed by atoms with van der Waals surface area (Å²) in [5.41, 5.74) is 1.77. The molecule has 80 valence electrons. The van der Waals surface area contributed by atoms with Crippen LogP contribution in [-0.2, 0) is 16.1 Å². The van der Waals surface area contributed by atoms with Gasteiger partial charge >= 0.3 is 5.97 Å². The number of hydrogen-bond donors (Lipinski definition) is 0. The SMILES string of the molecule is C=Nc1ccc(COC(=O)C(C)C)cc1. The van der Waals surface area contributed by atoms with E-state index < -0.39 is 0 Å². The summed E-state index contributed by atoms with van der Waals surface area (Å²) in [6.07, 6.45) is 0. The molecular weight excluding hydrogens is 190 g/mol. The quantitative estimate of drug-likeness (QED) is 0.560. The van der Waals surface area contributed by atoms with E-state index in [2.05, 4.69) is 11.7 Å². The van der Waals surface area contributed by atoms with Crippen molar-refractivity contribution in [2.24, 2.45) is 10.9 Å². The van der Waals surface area contributed by atoms with Crippen LogP contribution in [-0.4, -0.2) is 12.7 Å². The molecule has 1 aromatic rings. The lowest BCUT2D eigenvalue weighted by atomic mass is 10.2. The van der Waals surface area contributed by atoms with Gasteiger partial charge in [-0.25, -0.2) is 0 Å². The molecule has 1 rings (SSSR count). The van der Waals surface area contributed by atoms with Crippen LogP contribution in [0.2, 0.25) is 0 Å². The van der Waals surface area contributed by atoms with Gasteiger partial charge in [-0.1, -0.05) is 26.0 Å². The van der Waals surface area contributed by atoms with Crippen molar-refractivity contribution in [3.63, 3.8) is 0 Å². The molecule has 3 nitrogen and oxygen atoms in total. The van der Waals surface area contributed by atoms with E-state index in [-0.39, 0.29) is 11.9 Å². The number of aliphatic imine (C=N–C) groups is 1. The van der Waals surface area contributed by atoms with Crippen LogP contribution in [0.3, 0.4) is 0 Å². The van der Waals surface area contributed by atoms with Crippen LogP contribution in [0, 0.1) is 5.92 Å². The van der Waals surface area contributed by atoms with Gasteiger partial charge in [0.1, 0.15) is 6.61 Å². The van der Waals surface area contributed by atoms with Crippen molar-refractivity contribution in [2.45, 2.75) is 20.5 Å². The van der Waals surface area contributed by atoms with Crippen molar-refractivity contribution >= 4 is 18.4 Å². The number of benzene rings is 1. The number of carbonyl (C=O) groups is 1. The Morgan fingerprint density at radius 1 is 1.40 bits per heavy atom. The summed E-state index contributed by atoms with van der Waals surface area (Å²) in [6, 6.07) is 7.42. The largest absolute Gasteiger partial charge is 0.461 e. The van der Waals surface area contributed by atoms with Gasteiger partial charge in [-0.2, -0.15) is 0 Å². The van der Waals surface area contributed by atoms with Gasteiger partial charge < -0.3 is 4.74 Å². The molecular formula is C12H15NO2. The first-order valence-electron chi connectivity index (χ1n) is 4.86. The van der Waals surface area contributed by atoms with Crippen LogP contribution < -0.4 is 0 Å². The van der Waals surface area contributed by atoms with E-state index in [1.54, 1.807) is 0 Å². The zero-order chi connectivity index (χ0) is 11.3. The molecule has 0 saturated heterocycles. The van der Waals surface area contributed by atoms with E-state index in [1.807, 2.05) is 38.1 Å². The van der Waals surface area contributed by atoms with E-state index in [1.165, 1.54) is 0 Å². The van der Waals surface area contributed by atoms with Crippen molar-refractivity contribution in [1.29, 1.82) is 0 Å². The standard InChI is InChI=1S/C12H15NO2/c1-9(2)12(14)15-8-10-4-6-11(13-3)7-5-10/h4-7,9H,3,8H2,1-2H3. The molecule has 15 heavy (non-hydrogen) atoms. The van der Waals surface area contributed by atoms with Crippen LogP contribution in [0.1, 0.15) is 19.4 Å². The first kappa shape index (κ1) is 11.4. The average Bonchev–Trinajstić information content (AvgIpc) is 2.26. The normalized spacial score (nSPS) is 10.1. The Morgan fingerprint density at radius 2 is 2.00 bits per heavy atom. The second-order valence-electron chi connectivity index (χ2n) is 3.59. The van der Waals surface area contributed by atoms with Crippen molar-refractivity contribution in [1.82, 2.24) is 0 Å². The molecule has 0 atom stereocenters. The third kappa shape index (κ3) is 3.54. The fraction of sp³-hybridized carbons (Fsp3) is 0.333. The van der Waals surface area contributed by atoms with Crippen LogP contribution >= 0.6 is 0 Å². The molecule has 0 heterocycles. The third-order valence-corrected chi connectivity index (χ3v) is 1.97.